The van der Waals surface area contributed by atoms with E-state index in [2.05, 4.69) is 31.9 Å². The van der Waals surface area contributed by atoms with Crippen LogP contribution in [-0.2, 0) is 11.3 Å². The molecule has 3 unspecified atom stereocenters. The summed E-state index contributed by atoms with van der Waals surface area (Å²) in [6.45, 7) is 3.39. The van der Waals surface area contributed by atoms with Gasteiger partial charge in [0.2, 0.25) is 0 Å². The molecule has 0 aromatic carbocycles. The maximum Gasteiger partial charge on any atom is 0.0627 e. The highest BCUT2D eigenvalue weighted by atomic mass is 79.9. The summed E-state index contributed by atoms with van der Waals surface area (Å²) in [4.78, 5) is 6.71. The molecule has 3 rings (SSSR count). The zero-order valence-corrected chi connectivity index (χ0v) is 13.1. The Labute approximate surface area is 128 Å². The minimum absolute atomic E-state index is 0.213. The molecule has 20 heavy (non-hydrogen) atoms. The number of hydrogen-bond donors (Lipinski definition) is 1. The fraction of sp³-hybridized carbons (Fsp3) is 0.667. The van der Waals surface area contributed by atoms with Crippen molar-refractivity contribution in [1.29, 1.82) is 0 Å². The fourth-order valence-electron chi connectivity index (χ4n) is 3.43. The lowest BCUT2D eigenvalue weighted by atomic mass is 9.89. The first-order valence-corrected chi connectivity index (χ1v) is 8.12. The standard InChI is InChI=1S/C15H21BrN2O2/c16-12-6-11(7-17-8-12)9-18-4-1-2-14(18)13-10-20-5-3-15(13)19/h6-8,13-15,19H,1-5,9-10H2. The van der Waals surface area contributed by atoms with Gasteiger partial charge >= 0.3 is 0 Å². The van der Waals surface area contributed by atoms with Crippen LogP contribution in [0.4, 0.5) is 0 Å². The molecule has 1 aromatic rings. The van der Waals surface area contributed by atoms with Gasteiger partial charge in [0.15, 0.2) is 0 Å². The van der Waals surface area contributed by atoms with Gasteiger partial charge in [-0.25, -0.2) is 0 Å². The molecule has 2 aliphatic rings. The summed E-state index contributed by atoms with van der Waals surface area (Å²) in [7, 11) is 0. The van der Waals surface area contributed by atoms with Gasteiger partial charge in [-0.2, -0.15) is 0 Å². The van der Waals surface area contributed by atoms with Crippen molar-refractivity contribution in [1.82, 2.24) is 9.88 Å². The molecule has 1 N–H and O–H groups in total. The second-order valence-electron chi connectivity index (χ2n) is 5.79. The molecule has 3 heterocycles. The zero-order valence-electron chi connectivity index (χ0n) is 11.5. The van der Waals surface area contributed by atoms with Gasteiger partial charge < -0.3 is 9.84 Å². The number of likely N-dealkylation sites (tertiary alicyclic amines) is 1. The summed E-state index contributed by atoms with van der Waals surface area (Å²) >= 11 is 3.47. The van der Waals surface area contributed by atoms with Gasteiger partial charge in [0.1, 0.15) is 0 Å². The number of halogens is 1. The number of pyridine rings is 1. The van der Waals surface area contributed by atoms with Gasteiger partial charge in [-0.05, 0) is 53.4 Å². The summed E-state index contributed by atoms with van der Waals surface area (Å²) in [5.41, 5.74) is 1.22. The van der Waals surface area contributed by atoms with Crippen molar-refractivity contribution in [2.24, 2.45) is 5.92 Å². The van der Waals surface area contributed by atoms with Gasteiger partial charge in [-0.1, -0.05) is 0 Å². The highest BCUT2D eigenvalue weighted by molar-refractivity contribution is 9.10. The Hall–Kier alpha value is -0.490. The molecule has 2 saturated heterocycles. The molecular weight excluding hydrogens is 320 g/mol. The van der Waals surface area contributed by atoms with E-state index in [1.807, 2.05) is 12.4 Å². The van der Waals surface area contributed by atoms with Crippen molar-refractivity contribution in [3.05, 3.63) is 28.5 Å². The van der Waals surface area contributed by atoms with Crippen LogP contribution in [0.25, 0.3) is 0 Å². The molecule has 110 valence electrons. The van der Waals surface area contributed by atoms with Gasteiger partial charge in [-0.3, -0.25) is 9.88 Å². The van der Waals surface area contributed by atoms with Crippen LogP contribution in [0.3, 0.4) is 0 Å². The van der Waals surface area contributed by atoms with Crippen LogP contribution in [0.2, 0.25) is 0 Å². The summed E-state index contributed by atoms with van der Waals surface area (Å²) in [5, 5.41) is 10.2. The summed E-state index contributed by atoms with van der Waals surface area (Å²) in [6, 6.07) is 2.56. The third-order valence-corrected chi connectivity index (χ3v) is 4.85. The average molecular weight is 341 g/mol. The second kappa shape index (κ2) is 6.52. The molecule has 0 spiro atoms. The van der Waals surface area contributed by atoms with E-state index in [9.17, 15) is 5.11 Å². The molecule has 0 amide bonds. The quantitative estimate of drug-likeness (QED) is 0.916. The van der Waals surface area contributed by atoms with E-state index >= 15 is 0 Å². The molecule has 2 aliphatic heterocycles. The lowest BCUT2D eigenvalue weighted by molar-refractivity contribution is -0.0636. The van der Waals surface area contributed by atoms with E-state index in [0.717, 1.165) is 30.4 Å². The molecule has 1 aromatic heterocycles. The number of aromatic nitrogens is 1. The average Bonchev–Trinajstić information content (AvgIpc) is 2.87. The first kappa shape index (κ1) is 14.4. The van der Waals surface area contributed by atoms with Gasteiger partial charge in [0, 0.05) is 42.0 Å². The van der Waals surface area contributed by atoms with Crippen LogP contribution in [-0.4, -0.2) is 46.9 Å². The predicted molar refractivity (Wildman–Crippen MR) is 80.3 cm³/mol. The highest BCUT2D eigenvalue weighted by Crippen LogP contribution is 2.31. The number of ether oxygens (including phenoxy) is 1. The van der Waals surface area contributed by atoms with Crippen molar-refractivity contribution in [2.75, 3.05) is 19.8 Å². The maximum absolute atomic E-state index is 10.2. The Morgan fingerprint density at radius 1 is 1.40 bits per heavy atom. The van der Waals surface area contributed by atoms with Gasteiger partial charge in [0.05, 0.1) is 12.7 Å². The van der Waals surface area contributed by atoms with E-state index in [1.165, 1.54) is 12.0 Å². The summed E-state index contributed by atoms with van der Waals surface area (Å²) in [5.74, 6) is 0.256. The molecule has 5 heteroatoms. The largest absolute Gasteiger partial charge is 0.393 e. The molecule has 2 fully saturated rings. The van der Waals surface area contributed by atoms with Crippen molar-refractivity contribution < 1.29 is 9.84 Å². The Morgan fingerprint density at radius 2 is 2.30 bits per heavy atom. The molecule has 0 radical (unpaired) electrons. The van der Waals surface area contributed by atoms with E-state index in [-0.39, 0.29) is 12.0 Å². The van der Waals surface area contributed by atoms with Crippen molar-refractivity contribution in [3.63, 3.8) is 0 Å². The van der Waals surface area contributed by atoms with Crippen LogP contribution in [0.15, 0.2) is 22.9 Å². The van der Waals surface area contributed by atoms with Crippen LogP contribution in [0.1, 0.15) is 24.8 Å². The number of aliphatic hydroxyl groups is 1. The predicted octanol–water partition coefficient (Wildman–Crippen LogP) is 2.21. The lowest BCUT2D eigenvalue weighted by Crippen LogP contribution is -2.45. The van der Waals surface area contributed by atoms with Crippen LogP contribution in [0, 0.1) is 5.92 Å². The number of aliphatic hydroxyl groups excluding tert-OH is 1. The Bertz CT molecular complexity index is 457. The van der Waals surface area contributed by atoms with Gasteiger partial charge in [-0.15, -0.1) is 0 Å². The van der Waals surface area contributed by atoms with E-state index in [4.69, 9.17) is 4.74 Å². The molecular formula is C15H21BrN2O2. The summed E-state index contributed by atoms with van der Waals surface area (Å²) < 4.78 is 6.60. The normalized spacial score (nSPS) is 31.6. The highest BCUT2D eigenvalue weighted by Gasteiger charge is 2.37. The number of rotatable bonds is 3. The second-order valence-corrected chi connectivity index (χ2v) is 6.70. The minimum atomic E-state index is -0.213. The van der Waals surface area contributed by atoms with Crippen molar-refractivity contribution >= 4 is 15.9 Å². The third kappa shape index (κ3) is 3.22. The maximum atomic E-state index is 10.2. The summed E-state index contributed by atoms with van der Waals surface area (Å²) in [6.07, 6.45) is 6.65. The monoisotopic (exact) mass is 340 g/mol. The smallest absolute Gasteiger partial charge is 0.0627 e. The first-order chi connectivity index (χ1) is 9.74. The van der Waals surface area contributed by atoms with Crippen LogP contribution in [0.5, 0.6) is 0 Å². The van der Waals surface area contributed by atoms with Gasteiger partial charge in [0.25, 0.3) is 0 Å². The van der Waals surface area contributed by atoms with E-state index < -0.39 is 0 Å². The third-order valence-electron chi connectivity index (χ3n) is 4.42. The molecule has 0 saturated carbocycles. The first-order valence-electron chi connectivity index (χ1n) is 7.33. The molecule has 0 aliphatic carbocycles. The van der Waals surface area contributed by atoms with E-state index in [0.29, 0.717) is 19.3 Å². The molecule has 4 nitrogen and oxygen atoms in total. The number of nitrogens with zero attached hydrogens (tertiary/aromatic N) is 2. The Balaban J connectivity index is 1.69. The minimum Gasteiger partial charge on any atom is -0.393 e. The fourth-order valence-corrected chi connectivity index (χ4v) is 3.84. The Morgan fingerprint density at radius 3 is 3.10 bits per heavy atom. The van der Waals surface area contributed by atoms with Crippen LogP contribution >= 0.6 is 15.9 Å². The van der Waals surface area contributed by atoms with Crippen LogP contribution < -0.4 is 0 Å². The lowest BCUT2D eigenvalue weighted by Gasteiger charge is -2.37. The topological polar surface area (TPSA) is 45.6 Å². The van der Waals surface area contributed by atoms with Crippen molar-refractivity contribution in [2.45, 2.75) is 38.0 Å². The van der Waals surface area contributed by atoms with Crippen molar-refractivity contribution in [3.8, 4) is 0 Å². The number of hydrogen-bond acceptors (Lipinski definition) is 4. The zero-order chi connectivity index (χ0) is 13.9. The molecule has 0 bridgehead atoms. The molecule has 3 atom stereocenters. The van der Waals surface area contributed by atoms with E-state index in [1.54, 1.807) is 0 Å². The Kier molecular flexibility index (Phi) is 4.71. The SMILES string of the molecule is OC1CCOCC1C1CCCN1Cc1cncc(Br)c1.